The van der Waals surface area contributed by atoms with Crippen LogP contribution in [0.25, 0.3) is 11.3 Å². The molecule has 3 N–H and O–H groups in total. The molecular weight excluding hydrogens is 688 g/mol. The third-order valence-electron chi connectivity index (χ3n) is 7.06. The van der Waals surface area contributed by atoms with Gasteiger partial charge < -0.3 is 15.2 Å². The molecule has 0 spiro atoms. The van der Waals surface area contributed by atoms with Gasteiger partial charge in [-0.15, -0.1) is 0 Å². The second-order valence-corrected chi connectivity index (χ2v) is 15.2. The number of carbonyl (C=O) groups is 2. The van der Waals surface area contributed by atoms with E-state index in [4.69, 9.17) is 9.72 Å². The lowest BCUT2D eigenvalue weighted by molar-refractivity contribution is -0.142. The fourth-order valence-corrected chi connectivity index (χ4v) is 6.42. The summed E-state index contributed by atoms with van der Waals surface area (Å²) in [6, 6.07) is 17.6. The Bertz CT molecular complexity index is 1800. The molecule has 47 heavy (non-hydrogen) atoms. The quantitative estimate of drug-likeness (QED) is 0.169. The highest BCUT2D eigenvalue weighted by Crippen LogP contribution is 2.29. The molecular formula is C33H37BrN6O6S. The first-order valence-electron chi connectivity index (χ1n) is 14.7. The van der Waals surface area contributed by atoms with E-state index in [0.717, 1.165) is 5.56 Å². The van der Waals surface area contributed by atoms with Gasteiger partial charge in [-0.25, -0.2) is 22.7 Å². The van der Waals surface area contributed by atoms with Crippen molar-refractivity contribution in [3.05, 3.63) is 101 Å². The standard InChI is InChI=1S/C33H37BrN6O6S/c1-32(2,3)29(30(41)42)37-31(43)46-33(4,5)19-23-13-15-25(34)28(36-23)27(40-47(44,45)24-12-9-17-35-20-24)18-22-14-16-26(39-38-22)21-10-7-6-8-11-21/h6-17,20,27,29,40H,18-19H2,1-5H3,(H,37,43)(H,41,42). The summed E-state index contributed by atoms with van der Waals surface area (Å²) in [5.41, 5.74) is 1.12. The van der Waals surface area contributed by atoms with Crippen LogP contribution < -0.4 is 10.0 Å². The minimum Gasteiger partial charge on any atom is -0.480 e. The predicted molar refractivity (Wildman–Crippen MR) is 179 cm³/mol. The summed E-state index contributed by atoms with van der Waals surface area (Å²) in [6.45, 7) is 8.46. The molecule has 248 valence electrons. The number of carboxylic acid groups (broad SMARTS) is 1. The summed E-state index contributed by atoms with van der Waals surface area (Å²) >= 11 is 3.53. The van der Waals surface area contributed by atoms with E-state index in [1.54, 1.807) is 52.8 Å². The molecule has 2 unspecified atom stereocenters. The molecule has 2 atom stereocenters. The number of pyridine rings is 2. The number of hydrogen-bond acceptors (Lipinski definition) is 9. The summed E-state index contributed by atoms with van der Waals surface area (Å²) in [5, 5.41) is 20.7. The van der Waals surface area contributed by atoms with Crippen LogP contribution in [-0.4, -0.2) is 57.4 Å². The molecule has 14 heteroatoms. The van der Waals surface area contributed by atoms with Gasteiger partial charge in [-0.1, -0.05) is 51.1 Å². The molecule has 1 amide bonds. The molecule has 0 fully saturated rings. The average molecular weight is 726 g/mol. The van der Waals surface area contributed by atoms with E-state index < -0.39 is 45.2 Å². The number of benzene rings is 1. The molecule has 0 saturated heterocycles. The molecule has 4 rings (SSSR count). The maximum absolute atomic E-state index is 13.5. The number of aliphatic carboxylic acids is 1. The van der Waals surface area contributed by atoms with Gasteiger partial charge in [0.05, 0.1) is 23.1 Å². The number of halogens is 1. The number of hydrogen-bond donors (Lipinski definition) is 3. The minimum absolute atomic E-state index is 0.0155. The molecule has 0 saturated carbocycles. The molecule has 0 aliphatic rings. The van der Waals surface area contributed by atoms with Crippen molar-refractivity contribution in [2.24, 2.45) is 5.41 Å². The number of sulfonamides is 1. The van der Waals surface area contributed by atoms with Crippen LogP contribution in [-0.2, 0) is 32.4 Å². The van der Waals surface area contributed by atoms with Crippen LogP contribution in [0.4, 0.5) is 4.79 Å². The van der Waals surface area contributed by atoms with Gasteiger partial charge in [0, 0.05) is 41.0 Å². The molecule has 3 heterocycles. The van der Waals surface area contributed by atoms with Crippen molar-refractivity contribution in [1.82, 2.24) is 30.2 Å². The van der Waals surface area contributed by atoms with Crippen molar-refractivity contribution in [3.8, 4) is 11.3 Å². The fourth-order valence-electron chi connectivity index (χ4n) is 4.76. The molecule has 0 radical (unpaired) electrons. The third-order valence-corrected chi connectivity index (χ3v) is 9.18. The van der Waals surface area contributed by atoms with Gasteiger partial charge in [-0.05, 0) is 71.6 Å². The van der Waals surface area contributed by atoms with Crippen molar-refractivity contribution >= 4 is 38.0 Å². The Hall–Kier alpha value is -4.27. The maximum atomic E-state index is 13.5. The van der Waals surface area contributed by atoms with Crippen LogP contribution in [0.1, 0.15) is 57.7 Å². The smallest absolute Gasteiger partial charge is 0.408 e. The Labute approximate surface area is 282 Å². The summed E-state index contributed by atoms with van der Waals surface area (Å²) < 4.78 is 35.8. The van der Waals surface area contributed by atoms with E-state index in [2.05, 4.69) is 41.2 Å². The normalized spacial score (nSPS) is 13.4. The number of aromatic nitrogens is 4. The largest absolute Gasteiger partial charge is 0.480 e. The molecule has 0 bridgehead atoms. The highest BCUT2D eigenvalue weighted by atomic mass is 79.9. The second-order valence-electron chi connectivity index (χ2n) is 12.6. The van der Waals surface area contributed by atoms with Crippen LogP contribution in [0, 0.1) is 5.41 Å². The van der Waals surface area contributed by atoms with Gasteiger partial charge >= 0.3 is 12.1 Å². The zero-order valence-electron chi connectivity index (χ0n) is 26.6. The second kappa shape index (κ2) is 14.7. The first-order valence-corrected chi connectivity index (χ1v) is 17.0. The third kappa shape index (κ3) is 9.86. The Morgan fingerprint density at radius 2 is 1.64 bits per heavy atom. The summed E-state index contributed by atoms with van der Waals surface area (Å²) in [5.74, 6) is -1.18. The Kier molecular flexibility index (Phi) is 11.1. The lowest BCUT2D eigenvalue weighted by atomic mass is 9.87. The average Bonchev–Trinajstić information content (AvgIpc) is 3.00. The lowest BCUT2D eigenvalue weighted by Gasteiger charge is -2.30. The first-order chi connectivity index (χ1) is 22.0. The molecule has 1 aromatic carbocycles. The number of carbonyl (C=O) groups excluding carboxylic acids is 1. The molecule has 0 aliphatic heterocycles. The molecule has 0 aliphatic carbocycles. The van der Waals surface area contributed by atoms with Crippen molar-refractivity contribution in [2.45, 2.75) is 70.0 Å². The topological polar surface area (TPSA) is 173 Å². The maximum Gasteiger partial charge on any atom is 0.408 e. The first kappa shape index (κ1) is 35.6. The number of carboxylic acids is 1. The van der Waals surface area contributed by atoms with Crippen LogP contribution >= 0.6 is 15.9 Å². The number of amides is 1. The van der Waals surface area contributed by atoms with E-state index in [1.807, 2.05) is 36.4 Å². The number of nitrogens with zero attached hydrogens (tertiary/aromatic N) is 4. The van der Waals surface area contributed by atoms with Crippen LogP contribution in [0.3, 0.4) is 0 Å². The van der Waals surface area contributed by atoms with Gasteiger partial charge in [0.2, 0.25) is 10.0 Å². The molecule has 12 nitrogen and oxygen atoms in total. The zero-order chi connectivity index (χ0) is 34.4. The Morgan fingerprint density at radius 1 is 0.936 bits per heavy atom. The van der Waals surface area contributed by atoms with Gasteiger partial charge in [0.1, 0.15) is 16.5 Å². The zero-order valence-corrected chi connectivity index (χ0v) is 29.0. The number of rotatable bonds is 12. The summed E-state index contributed by atoms with van der Waals surface area (Å²) in [4.78, 5) is 33.2. The summed E-state index contributed by atoms with van der Waals surface area (Å²) in [7, 11) is -4.04. The van der Waals surface area contributed by atoms with Crippen LogP contribution in [0.15, 0.2) is 88.5 Å². The number of alkyl carbamates (subject to hydrolysis) is 1. The van der Waals surface area contributed by atoms with E-state index in [9.17, 15) is 23.1 Å². The predicted octanol–water partition coefficient (Wildman–Crippen LogP) is 5.51. The Balaban J connectivity index is 1.61. The molecule has 4 aromatic rings. The highest BCUT2D eigenvalue weighted by Gasteiger charge is 2.35. The number of nitrogens with one attached hydrogen (secondary N) is 2. The SMILES string of the molecule is CC(C)(Cc1ccc(Br)c(C(Cc2ccc(-c3ccccc3)nn2)NS(=O)(=O)c2cccnc2)n1)OC(=O)NC(C(=O)O)C(C)(C)C. The van der Waals surface area contributed by atoms with Crippen LogP contribution in [0.5, 0.6) is 0 Å². The monoisotopic (exact) mass is 724 g/mol. The Morgan fingerprint density at radius 3 is 2.23 bits per heavy atom. The lowest BCUT2D eigenvalue weighted by Crippen LogP contribution is -2.50. The van der Waals surface area contributed by atoms with E-state index in [0.29, 0.717) is 27.2 Å². The minimum atomic E-state index is -4.04. The van der Waals surface area contributed by atoms with Crippen molar-refractivity contribution in [2.75, 3.05) is 0 Å². The highest BCUT2D eigenvalue weighted by molar-refractivity contribution is 9.10. The van der Waals surface area contributed by atoms with Crippen molar-refractivity contribution < 1.29 is 27.9 Å². The molecule has 3 aromatic heterocycles. The van der Waals surface area contributed by atoms with E-state index in [-0.39, 0.29) is 17.7 Å². The van der Waals surface area contributed by atoms with Crippen molar-refractivity contribution in [1.29, 1.82) is 0 Å². The van der Waals surface area contributed by atoms with E-state index in [1.165, 1.54) is 24.5 Å². The van der Waals surface area contributed by atoms with Gasteiger partial charge in [0.15, 0.2) is 0 Å². The van der Waals surface area contributed by atoms with Gasteiger partial charge in [-0.2, -0.15) is 10.2 Å². The number of ether oxygens (including phenoxy) is 1. The van der Waals surface area contributed by atoms with Crippen molar-refractivity contribution in [3.63, 3.8) is 0 Å². The van der Waals surface area contributed by atoms with Gasteiger partial charge in [-0.3, -0.25) is 9.97 Å². The fraction of sp³-hybridized carbons (Fsp3) is 0.333. The summed E-state index contributed by atoms with van der Waals surface area (Å²) in [6.07, 6.45) is 2.11. The van der Waals surface area contributed by atoms with E-state index >= 15 is 0 Å². The van der Waals surface area contributed by atoms with Crippen LogP contribution in [0.2, 0.25) is 0 Å². The van der Waals surface area contributed by atoms with Gasteiger partial charge in [0.25, 0.3) is 0 Å².